The number of nitrogens with two attached hydrogens (primary N) is 1. The fourth-order valence-electron chi connectivity index (χ4n) is 5.36. The fourth-order valence-corrected chi connectivity index (χ4v) is 5.36. The van der Waals surface area contributed by atoms with Gasteiger partial charge in [-0.15, -0.1) is 0 Å². The average Bonchev–Trinajstić information content (AvgIpc) is 3.36. The molecule has 0 radical (unpaired) electrons. The highest BCUT2D eigenvalue weighted by Gasteiger charge is 2.46. The third-order valence-corrected chi connectivity index (χ3v) is 6.69. The Balaban J connectivity index is 1.50. The van der Waals surface area contributed by atoms with Crippen molar-refractivity contribution in [3.05, 3.63) is 30.6 Å². The lowest BCUT2D eigenvalue weighted by Gasteiger charge is -2.46. The molecule has 10 heteroatoms. The Morgan fingerprint density at radius 2 is 1.97 bits per heavy atom. The molecule has 3 aromatic rings. The Labute approximate surface area is 205 Å². The van der Waals surface area contributed by atoms with Crippen molar-refractivity contribution >= 4 is 28.9 Å². The number of ether oxygens (including phenoxy) is 2. The maximum atomic E-state index is 12.3. The largest absolute Gasteiger partial charge is 0.495 e. The van der Waals surface area contributed by atoms with Gasteiger partial charge in [0.1, 0.15) is 29.0 Å². The van der Waals surface area contributed by atoms with Crippen molar-refractivity contribution in [2.24, 2.45) is 5.41 Å². The van der Waals surface area contributed by atoms with Gasteiger partial charge in [-0.2, -0.15) is 5.10 Å². The van der Waals surface area contributed by atoms with Crippen molar-refractivity contribution < 1.29 is 14.3 Å². The third kappa shape index (κ3) is 4.34. The Hall–Kier alpha value is -3.53. The Morgan fingerprint density at radius 3 is 2.66 bits per heavy atom. The summed E-state index contributed by atoms with van der Waals surface area (Å²) in [4.78, 5) is 21.3. The van der Waals surface area contributed by atoms with Crippen LogP contribution in [-0.4, -0.2) is 71.5 Å². The number of carbonyl (C=O) groups is 1. The summed E-state index contributed by atoms with van der Waals surface area (Å²) in [6.45, 7) is 9.68. The lowest BCUT2D eigenvalue weighted by Crippen LogP contribution is -2.55. The lowest BCUT2D eigenvalue weighted by atomic mass is 9.79. The van der Waals surface area contributed by atoms with E-state index in [4.69, 9.17) is 15.2 Å². The number of aromatic nitrogens is 3. The van der Waals surface area contributed by atoms with Gasteiger partial charge in [0.15, 0.2) is 5.82 Å². The number of amides is 1. The number of nitrogens with one attached hydrogen (secondary N) is 1. The molecule has 1 spiro atoms. The van der Waals surface area contributed by atoms with E-state index in [2.05, 4.69) is 38.3 Å². The van der Waals surface area contributed by atoms with Crippen molar-refractivity contribution in [1.29, 1.82) is 0 Å². The number of hydrogen-bond acceptors (Lipinski definition) is 8. The van der Waals surface area contributed by atoms with Gasteiger partial charge in [0.25, 0.3) is 0 Å². The number of nitrogens with zero attached hydrogens (tertiary/aromatic N) is 5. The zero-order chi connectivity index (χ0) is 25.0. The van der Waals surface area contributed by atoms with Crippen LogP contribution in [0.15, 0.2) is 30.6 Å². The smallest absolute Gasteiger partial charge is 0.412 e. The fraction of sp³-hybridized carbons (Fsp3) is 0.480. The second kappa shape index (κ2) is 8.30. The monoisotopic (exact) mass is 479 g/mol. The van der Waals surface area contributed by atoms with Crippen LogP contribution in [0.4, 0.5) is 22.1 Å². The van der Waals surface area contributed by atoms with Crippen LogP contribution < -0.4 is 20.7 Å². The maximum absolute atomic E-state index is 12.3. The molecule has 0 aliphatic carbocycles. The number of anilines is 3. The van der Waals surface area contributed by atoms with E-state index in [1.165, 1.54) is 12.7 Å². The molecule has 0 bridgehead atoms. The average molecular weight is 480 g/mol. The molecule has 0 unspecified atom stereocenters. The molecule has 0 saturated carbocycles. The molecule has 2 saturated heterocycles. The standard InChI is InChI=1S/C25H33N7O3/c1-24(2,3)35-23(33)29-18-7-6-16(10-19(18)34-5)17-11-20(32-21(17)22(26)27-15-28-32)31-9-8-25(14-31)12-30(4)13-25/h6-7,10-11,15H,8-9,12-14H2,1-5H3,(H,29,33)(H2,26,27,28). The molecule has 1 aromatic carbocycles. The highest BCUT2D eigenvalue weighted by molar-refractivity contribution is 5.93. The van der Waals surface area contributed by atoms with Crippen molar-refractivity contribution in [2.45, 2.75) is 32.8 Å². The first kappa shape index (κ1) is 23.2. The summed E-state index contributed by atoms with van der Waals surface area (Å²) < 4.78 is 12.9. The zero-order valence-corrected chi connectivity index (χ0v) is 21.0. The number of rotatable bonds is 4. The second-order valence-electron chi connectivity index (χ2n) is 10.7. The molecule has 3 N–H and O–H groups in total. The van der Waals surface area contributed by atoms with Gasteiger partial charge in [-0.05, 0) is 58.0 Å². The number of methoxy groups -OCH3 is 1. The van der Waals surface area contributed by atoms with Crippen molar-refractivity contribution in [2.75, 3.05) is 56.3 Å². The summed E-state index contributed by atoms with van der Waals surface area (Å²) in [6.07, 6.45) is 2.12. The first-order valence-corrected chi connectivity index (χ1v) is 11.8. The molecule has 4 heterocycles. The first-order chi connectivity index (χ1) is 16.6. The number of fused-ring (bicyclic) bond motifs is 1. The summed E-state index contributed by atoms with van der Waals surface area (Å²) in [6, 6.07) is 7.73. The number of hydrogen-bond donors (Lipinski definition) is 2. The summed E-state index contributed by atoms with van der Waals surface area (Å²) in [5, 5.41) is 7.31. The predicted octanol–water partition coefficient (Wildman–Crippen LogP) is 3.48. The van der Waals surface area contributed by atoms with Crippen LogP contribution >= 0.6 is 0 Å². The molecule has 2 aliphatic rings. The van der Waals surface area contributed by atoms with Crippen LogP contribution in [0.5, 0.6) is 5.75 Å². The van der Waals surface area contributed by atoms with Gasteiger partial charge in [-0.3, -0.25) is 5.32 Å². The normalized spacial score (nSPS) is 17.6. The Bertz CT molecular complexity index is 1270. The van der Waals surface area contributed by atoms with Crippen molar-refractivity contribution in [1.82, 2.24) is 19.5 Å². The Kier molecular flexibility index (Phi) is 5.51. The minimum atomic E-state index is -0.598. The van der Waals surface area contributed by atoms with E-state index in [0.717, 1.165) is 48.6 Å². The number of benzene rings is 1. The van der Waals surface area contributed by atoms with Crippen LogP contribution in [0.3, 0.4) is 0 Å². The zero-order valence-electron chi connectivity index (χ0n) is 21.0. The van der Waals surface area contributed by atoms with Gasteiger partial charge in [0, 0.05) is 37.2 Å². The van der Waals surface area contributed by atoms with E-state index < -0.39 is 11.7 Å². The lowest BCUT2D eigenvalue weighted by molar-refractivity contribution is 0.0424. The summed E-state index contributed by atoms with van der Waals surface area (Å²) >= 11 is 0. The van der Waals surface area contributed by atoms with E-state index >= 15 is 0 Å². The molecule has 2 aliphatic heterocycles. The number of likely N-dealkylation sites (tertiary alicyclic amines) is 1. The highest BCUT2D eigenvalue weighted by Crippen LogP contribution is 2.43. The molecule has 2 aromatic heterocycles. The molecule has 1 amide bonds. The van der Waals surface area contributed by atoms with E-state index in [1.807, 2.05) is 37.4 Å². The summed E-state index contributed by atoms with van der Waals surface area (Å²) in [5.74, 6) is 1.93. The molecule has 35 heavy (non-hydrogen) atoms. The van der Waals surface area contributed by atoms with E-state index in [1.54, 1.807) is 13.2 Å². The first-order valence-electron chi connectivity index (χ1n) is 11.8. The molecule has 2 fully saturated rings. The maximum Gasteiger partial charge on any atom is 0.412 e. The van der Waals surface area contributed by atoms with Gasteiger partial charge in [-0.1, -0.05) is 6.07 Å². The molecular formula is C25H33N7O3. The van der Waals surface area contributed by atoms with Gasteiger partial charge in [0.05, 0.1) is 12.8 Å². The molecule has 0 atom stereocenters. The van der Waals surface area contributed by atoms with Crippen molar-refractivity contribution in [3.63, 3.8) is 0 Å². The summed E-state index contributed by atoms with van der Waals surface area (Å²) in [5.41, 5.74) is 9.17. The number of nitrogen functional groups attached to an aromatic ring is 1. The minimum Gasteiger partial charge on any atom is -0.495 e. The minimum absolute atomic E-state index is 0.357. The topological polar surface area (TPSA) is 110 Å². The van der Waals surface area contributed by atoms with Crippen LogP contribution in [0.1, 0.15) is 27.2 Å². The third-order valence-electron chi connectivity index (χ3n) is 6.69. The Morgan fingerprint density at radius 1 is 1.20 bits per heavy atom. The van der Waals surface area contributed by atoms with Gasteiger partial charge >= 0.3 is 6.09 Å². The predicted molar refractivity (Wildman–Crippen MR) is 136 cm³/mol. The second-order valence-corrected chi connectivity index (χ2v) is 10.7. The van der Waals surface area contributed by atoms with Crippen LogP contribution in [0.25, 0.3) is 16.6 Å². The van der Waals surface area contributed by atoms with E-state index in [9.17, 15) is 4.79 Å². The van der Waals surface area contributed by atoms with Gasteiger partial charge < -0.3 is 25.0 Å². The molecule has 5 rings (SSSR count). The molecule has 10 nitrogen and oxygen atoms in total. The quantitative estimate of drug-likeness (QED) is 0.585. The van der Waals surface area contributed by atoms with Gasteiger partial charge in [0.2, 0.25) is 0 Å². The molecular weight excluding hydrogens is 446 g/mol. The summed E-state index contributed by atoms with van der Waals surface area (Å²) in [7, 11) is 3.74. The highest BCUT2D eigenvalue weighted by atomic mass is 16.6. The van der Waals surface area contributed by atoms with E-state index in [-0.39, 0.29) is 0 Å². The van der Waals surface area contributed by atoms with Crippen LogP contribution in [0, 0.1) is 5.41 Å². The SMILES string of the molecule is COc1cc(-c2cc(N3CCC4(CN(C)C4)C3)n3ncnc(N)c23)ccc1NC(=O)OC(C)(C)C. The van der Waals surface area contributed by atoms with E-state index in [0.29, 0.717) is 22.7 Å². The van der Waals surface area contributed by atoms with Gasteiger partial charge in [-0.25, -0.2) is 14.3 Å². The van der Waals surface area contributed by atoms with Crippen LogP contribution in [-0.2, 0) is 4.74 Å². The molecule has 186 valence electrons. The van der Waals surface area contributed by atoms with Crippen molar-refractivity contribution in [3.8, 4) is 16.9 Å². The number of carbonyl (C=O) groups excluding carboxylic acids is 1. The van der Waals surface area contributed by atoms with Crippen LogP contribution in [0.2, 0.25) is 0 Å².